The number of aromatic nitrogens is 2. The standard InChI is InChI=1S/C12H17F3N4O3S/c1-8-9(10(17-16-8)12(13,14)15)11(20)18-4-3-5-19(7-6-18)23(2,21)22/h3-7H2,1-2H3,(H,16,17). The lowest BCUT2D eigenvalue weighted by atomic mass is 10.1. The average Bonchev–Trinajstić information content (AvgIpc) is 2.65. The van der Waals surface area contributed by atoms with Gasteiger partial charge in [-0.25, -0.2) is 12.7 Å². The van der Waals surface area contributed by atoms with E-state index in [4.69, 9.17) is 0 Å². The van der Waals surface area contributed by atoms with Crippen LogP contribution in [-0.4, -0.2) is 66.2 Å². The molecule has 0 atom stereocenters. The van der Waals surface area contributed by atoms with Crippen molar-refractivity contribution in [3.05, 3.63) is 17.0 Å². The molecule has 7 nitrogen and oxygen atoms in total. The second-order valence-corrected chi connectivity index (χ2v) is 7.36. The summed E-state index contributed by atoms with van der Waals surface area (Å²) in [5.74, 6) is -0.793. The number of halogens is 3. The maximum atomic E-state index is 12.9. The number of nitrogens with one attached hydrogen (secondary N) is 1. The molecule has 0 unspecified atom stereocenters. The number of aryl methyl sites for hydroxylation is 1. The van der Waals surface area contributed by atoms with Crippen molar-refractivity contribution in [1.82, 2.24) is 19.4 Å². The highest BCUT2D eigenvalue weighted by Gasteiger charge is 2.40. The molecule has 2 rings (SSSR count). The Morgan fingerprint density at radius 1 is 1.22 bits per heavy atom. The van der Waals surface area contributed by atoms with Gasteiger partial charge >= 0.3 is 6.18 Å². The van der Waals surface area contributed by atoms with Crippen molar-refractivity contribution in [1.29, 1.82) is 0 Å². The molecule has 1 saturated heterocycles. The zero-order chi connectivity index (χ0) is 17.4. The van der Waals surface area contributed by atoms with Crippen LogP contribution in [0.25, 0.3) is 0 Å². The fourth-order valence-electron chi connectivity index (χ4n) is 2.48. The van der Waals surface area contributed by atoms with Gasteiger partial charge in [0.25, 0.3) is 5.91 Å². The summed E-state index contributed by atoms with van der Waals surface area (Å²) in [4.78, 5) is 13.7. The maximum Gasteiger partial charge on any atom is 0.435 e. The van der Waals surface area contributed by atoms with E-state index in [0.717, 1.165) is 6.26 Å². The first kappa shape index (κ1) is 17.7. The summed E-state index contributed by atoms with van der Waals surface area (Å²) >= 11 is 0. The number of carbonyl (C=O) groups excluding carboxylic acids is 1. The number of amides is 1. The molecule has 0 spiro atoms. The van der Waals surface area contributed by atoms with Crippen LogP contribution in [-0.2, 0) is 16.2 Å². The van der Waals surface area contributed by atoms with Crippen LogP contribution in [0.4, 0.5) is 13.2 Å². The van der Waals surface area contributed by atoms with Crippen molar-refractivity contribution in [3.8, 4) is 0 Å². The Hall–Kier alpha value is -1.62. The predicted molar refractivity (Wildman–Crippen MR) is 75.3 cm³/mol. The Morgan fingerprint density at radius 3 is 2.43 bits per heavy atom. The van der Waals surface area contributed by atoms with E-state index in [1.54, 1.807) is 0 Å². The summed E-state index contributed by atoms with van der Waals surface area (Å²) in [5.41, 5.74) is -1.72. The third kappa shape index (κ3) is 3.83. The van der Waals surface area contributed by atoms with Crippen molar-refractivity contribution in [2.45, 2.75) is 19.5 Å². The lowest BCUT2D eigenvalue weighted by Crippen LogP contribution is -2.37. The quantitative estimate of drug-likeness (QED) is 0.853. The van der Waals surface area contributed by atoms with E-state index in [2.05, 4.69) is 10.2 Å². The van der Waals surface area contributed by atoms with Gasteiger partial charge in [0.2, 0.25) is 10.0 Å². The number of carbonyl (C=O) groups is 1. The van der Waals surface area contributed by atoms with Gasteiger partial charge in [-0.1, -0.05) is 0 Å². The van der Waals surface area contributed by atoms with Crippen LogP contribution in [0.3, 0.4) is 0 Å². The van der Waals surface area contributed by atoms with Crippen molar-refractivity contribution in [3.63, 3.8) is 0 Å². The minimum Gasteiger partial charge on any atom is -0.337 e. The average molecular weight is 354 g/mol. The Morgan fingerprint density at radius 2 is 1.87 bits per heavy atom. The Bertz CT molecular complexity index is 699. The maximum absolute atomic E-state index is 12.9. The summed E-state index contributed by atoms with van der Waals surface area (Å²) < 4.78 is 63.1. The molecule has 11 heteroatoms. The number of hydrogen-bond acceptors (Lipinski definition) is 4. The topological polar surface area (TPSA) is 86.4 Å². The van der Waals surface area contributed by atoms with Crippen molar-refractivity contribution in [2.75, 3.05) is 32.4 Å². The van der Waals surface area contributed by atoms with E-state index >= 15 is 0 Å². The van der Waals surface area contributed by atoms with E-state index in [1.807, 2.05) is 0 Å². The Labute approximate surface area is 131 Å². The molecule has 23 heavy (non-hydrogen) atoms. The number of hydrogen-bond donors (Lipinski definition) is 1. The highest BCUT2D eigenvalue weighted by molar-refractivity contribution is 7.88. The zero-order valence-electron chi connectivity index (χ0n) is 12.6. The van der Waals surface area contributed by atoms with Crippen LogP contribution in [0.2, 0.25) is 0 Å². The first-order valence-electron chi connectivity index (χ1n) is 6.88. The highest BCUT2D eigenvalue weighted by Crippen LogP contribution is 2.32. The summed E-state index contributed by atoms with van der Waals surface area (Å²) in [5, 5.41) is 5.37. The molecule has 1 aromatic heterocycles. The van der Waals surface area contributed by atoms with Crippen LogP contribution < -0.4 is 0 Å². The Kier molecular flexibility index (Phi) is 4.71. The van der Waals surface area contributed by atoms with E-state index in [-0.39, 0.29) is 31.9 Å². The summed E-state index contributed by atoms with van der Waals surface area (Å²) in [6, 6.07) is 0. The molecule has 1 amide bonds. The van der Waals surface area contributed by atoms with E-state index in [0.29, 0.717) is 6.42 Å². The fourth-order valence-corrected chi connectivity index (χ4v) is 3.36. The largest absolute Gasteiger partial charge is 0.435 e. The van der Waals surface area contributed by atoms with Gasteiger partial charge in [0.15, 0.2) is 5.69 Å². The first-order chi connectivity index (χ1) is 10.5. The number of aromatic amines is 1. The monoisotopic (exact) mass is 354 g/mol. The van der Waals surface area contributed by atoms with Crippen LogP contribution in [0.15, 0.2) is 0 Å². The molecule has 1 N–H and O–H groups in total. The molecule has 1 aliphatic rings. The van der Waals surface area contributed by atoms with Gasteiger partial charge in [0, 0.05) is 31.9 Å². The highest BCUT2D eigenvalue weighted by atomic mass is 32.2. The molecular weight excluding hydrogens is 337 g/mol. The third-order valence-electron chi connectivity index (χ3n) is 3.64. The van der Waals surface area contributed by atoms with Gasteiger partial charge in [-0.05, 0) is 13.3 Å². The van der Waals surface area contributed by atoms with Crippen LogP contribution in [0.5, 0.6) is 0 Å². The number of H-pyrrole nitrogens is 1. The SMILES string of the molecule is Cc1[nH]nc(C(F)(F)F)c1C(=O)N1CCCN(S(C)(=O)=O)CC1. The minimum atomic E-state index is -4.74. The first-order valence-corrected chi connectivity index (χ1v) is 8.73. The molecule has 0 aromatic carbocycles. The van der Waals surface area contributed by atoms with Gasteiger partial charge < -0.3 is 4.90 Å². The Balaban J connectivity index is 2.24. The molecule has 2 heterocycles. The fraction of sp³-hybridized carbons (Fsp3) is 0.667. The van der Waals surface area contributed by atoms with Gasteiger partial charge in [-0.15, -0.1) is 0 Å². The van der Waals surface area contributed by atoms with E-state index in [1.165, 1.54) is 16.1 Å². The van der Waals surface area contributed by atoms with Crippen LogP contribution in [0, 0.1) is 6.92 Å². The minimum absolute atomic E-state index is 0.0338. The number of nitrogens with zero attached hydrogens (tertiary/aromatic N) is 3. The molecule has 1 aliphatic heterocycles. The second kappa shape index (κ2) is 6.11. The summed E-state index contributed by atoms with van der Waals surface area (Å²) in [7, 11) is -3.39. The van der Waals surface area contributed by atoms with Crippen molar-refractivity contribution < 1.29 is 26.4 Å². The smallest absolute Gasteiger partial charge is 0.337 e. The summed E-state index contributed by atoms with van der Waals surface area (Å²) in [6.45, 7) is 1.86. The molecule has 0 aliphatic carbocycles. The van der Waals surface area contributed by atoms with E-state index < -0.39 is 33.4 Å². The molecule has 130 valence electrons. The predicted octanol–water partition coefficient (Wildman–Crippen LogP) is 0.844. The van der Waals surface area contributed by atoms with Gasteiger partial charge in [0.1, 0.15) is 0 Å². The third-order valence-corrected chi connectivity index (χ3v) is 4.94. The molecule has 0 saturated carbocycles. The van der Waals surface area contributed by atoms with Gasteiger partial charge in [-0.2, -0.15) is 18.3 Å². The molecule has 0 bridgehead atoms. The summed E-state index contributed by atoms with van der Waals surface area (Å²) in [6.07, 6.45) is -3.32. The lowest BCUT2D eigenvalue weighted by Gasteiger charge is -2.21. The van der Waals surface area contributed by atoms with Crippen molar-refractivity contribution >= 4 is 15.9 Å². The van der Waals surface area contributed by atoms with E-state index in [9.17, 15) is 26.4 Å². The van der Waals surface area contributed by atoms with Crippen LogP contribution in [0.1, 0.15) is 28.2 Å². The molecule has 1 fully saturated rings. The lowest BCUT2D eigenvalue weighted by molar-refractivity contribution is -0.141. The molecular formula is C12H17F3N4O3S. The number of rotatable bonds is 2. The van der Waals surface area contributed by atoms with Gasteiger partial charge in [-0.3, -0.25) is 9.89 Å². The zero-order valence-corrected chi connectivity index (χ0v) is 13.5. The van der Waals surface area contributed by atoms with Gasteiger partial charge in [0.05, 0.1) is 11.8 Å². The van der Waals surface area contributed by atoms with Crippen molar-refractivity contribution in [2.24, 2.45) is 0 Å². The molecule has 1 aromatic rings. The normalized spacial score (nSPS) is 18.0. The van der Waals surface area contributed by atoms with Crippen LogP contribution >= 0.6 is 0 Å². The number of sulfonamides is 1. The number of alkyl halides is 3. The second-order valence-electron chi connectivity index (χ2n) is 5.38. The molecule has 0 radical (unpaired) electrons.